The minimum absolute atomic E-state index is 0.122. The van der Waals surface area contributed by atoms with Gasteiger partial charge in [0, 0.05) is 10.9 Å². The molecule has 3 aromatic rings. The van der Waals surface area contributed by atoms with Gasteiger partial charge in [-0.15, -0.1) is 11.3 Å². The van der Waals surface area contributed by atoms with E-state index in [1.807, 2.05) is 12.3 Å². The summed E-state index contributed by atoms with van der Waals surface area (Å²) in [7, 11) is 0. The molecule has 0 saturated heterocycles. The van der Waals surface area contributed by atoms with E-state index in [0.29, 0.717) is 23.7 Å². The van der Waals surface area contributed by atoms with Crippen LogP contribution in [-0.4, -0.2) is 23.3 Å². The van der Waals surface area contributed by atoms with Crippen LogP contribution in [0.3, 0.4) is 0 Å². The quantitative estimate of drug-likeness (QED) is 0.622. The third-order valence-electron chi connectivity index (χ3n) is 3.60. The summed E-state index contributed by atoms with van der Waals surface area (Å²) in [6.07, 6.45) is 1.54. The van der Waals surface area contributed by atoms with Crippen LogP contribution in [0.15, 0.2) is 52.5 Å². The Balaban J connectivity index is 1.47. The van der Waals surface area contributed by atoms with Crippen LogP contribution in [0, 0.1) is 6.92 Å². The second-order valence-corrected chi connectivity index (χ2v) is 6.78. The summed E-state index contributed by atoms with van der Waals surface area (Å²) in [5, 5.41) is 8.17. The molecule has 2 heterocycles. The number of amides is 2. The van der Waals surface area contributed by atoms with Gasteiger partial charge >= 0.3 is 0 Å². The maximum absolute atomic E-state index is 12.2. The van der Waals surface area contributed by atoms with E-state index in [4.69, 9.17) is 9.15 Å². The zero-order chi connectivity index (χ0) is 19.1. The van der Waals surface area contributed by atoms with Gasteiger partial charge in [0.15, 0.2) is 0 Å². The number of hydrogen-bond acceptors (Lipinski definition) is 6. The number of aryl methyl sites for hydroxylation is 1. The van der Waals surface area contributed by atoms with Gasteiger partial charge < -0.3 is 19.8 Å². The zero-order valence-corrected chi connectivity index (χ0v) is 15.5. The molecule has 0 saturated carbocycles. The third kappa shape index (κ3) is 5.68. The number of thiazole rings is 1. The number of furan rings is 1. The molecule has 8 heteroatoms. The molecule has 140 valence electrons. The molecule has 0 fully saturated rings. The lowest BCUT2D eigenvalue weighted by Gasteiger charge is -2.08. The Morgan fingerprint density at radius 2 is 2.11 bits per heavy atom. The van der Waals surface area contributed by atoms with Crippen molar-refractivity contribution in [1.82, 2.24) is 15.6 Å². The number of hydrogen-bond donors (Lipinski definition) is 2. The number of carbonyl (C=O) groups excluding carboxylic acids is 2. The Bertz CT molecular complexity index is 905. The second-order valence-electron chi connectivity index (χ2n) is 5.71. The van der Waals surface area contributed by atoms with Crippen LogP contribution < -0.4 is 15.4 Å². The minimum Gasteiger partial charge on any atom is -0.487 e. The molecule has 0 atom stereocenters. The Morgan fingerprint density at radius 3 is 2.85 bits per heavy atom. The van der Waals surface area contributed by atoms with Crippen molar-refractivity contribution in [3.63, 3.8) is 0 Å². The van der Waals surface area contributed by atoms with Crippen LogP contribution in [0.5, 0.6) is 5.75 Å². The Labute approximate surface area is 160 Å². The van der Waals surface area contributed by atoms with Crippen molar-refractivity contribution in [2.45, 2.75) is 20.1 Å². The van der Waals surface area contributed by atoms with E-state index in [-0.39, 0.29) is 24.9 Å². The average Bonchev–Trinajstić information content (AvgIpc) is 3.34. The summed E-state index contributed by atoms with van der Waals surface area (Å²) in [4.78, 5) is 28.4. The van der Waals surface area contributed by atoms with Gasteiger partial charge in [0.2, 0.25) is 5.91 Å². The topological polar surface area (TPSA) is 93.5 Å². The zero-order valence-electron chi connectivity index (χ0n) is 14.7. The molecule has 0 spiro atoms. The molecule has 3 rings (SSSR count). The molecule has 27 heavy (non-hydrogen) atoms. The molecule has 1 aromatic carbocycles. The maximum atomic E-state index is 12.2. The summed E-state index contributed by atoms with van der Waals surface area (Å²) in [5.74, 6) is 0.564. The van der Waals surface area contributed by atoms with Gasteiger partial charge in [-0.25, -0.2) is 4.98 Å². The van der Waals surface area contributed by atoms with E-state index in [2.05, 4.69) is 15.6 Å². The summed E-state index contributed by atoms with van der Waals surface area (Å²) in [5.41, 5.74) is 1.27. The SMILES string of the molecule is Cc1nc(COc2cccc(C(=O)NCC(=O)NCc3ccco3)c2)cs1. The number of nitrogens with one attached hydrogen (secondary N) is 2. The summed E-state index contributed by atoms with van der Waals surface area (Å²) >= 11 is 1.56. The van der Waals surface area contributed by atoms with Gasteiger partial charge in [0.1, 0.15) is 18.1 Å². The lowest BCUT2D eigenvalue weighted by Crippen LogP contribution is -2.36. The van der Waals surface area contributed by atoms with Gasteiger partial charge in [-0.2, -0.15) is 0 Å². The van der Waals surface area contributed by atoms with Crippen LogP contribution in [0.2, 0.25) is 0 Å². The third-order valence-corrected chi connectivity index (χ3v) is 4.42. The van der Waals surface area contributed by atoms with Crippen LogP contribution >= 0.6 is 11.3 Å². The van der Waals surface area contributed by atoms with Crippen LogP contribution in [0.4, 0.5) is 0 Å². The van der Waals surface area contributed by atoms with Crippen molar-refractivity contribution in [1.29, 1.82) is 0 Å². The van der Waals surface area contributed by atoms with E-state index in [0.717, 1.165) is 10.7 Å². The number of nitrogens with zero attached hydrogens (tertiary/aromatic N) is 1. The first-order valence-corrected chi connectivity index (χ1v) is 9.19. The van der Waals surface area contributed by atoms with Crippen molar-refractivity contribution >= 4 is 23.2 Å². The van der Waals surface area contributed by atoms with E-state index >= 15 is 0 Å². The molecular formula is C19H19N3O4S. The summed E-state index contributed by atoms with van der Waals surface area (Å²) in [6, 6.07) is 10.3. The fraction of sp³-hybridized carbons (Fsp3) is 0.211. The Kier molecular flexibility index (Phi) is 6.22. The molecule has 0 aliphatic heterocycles. The molecule has 0 bridgehead atoms. The first-order chi connectivity index (χ1) is 13.1. The largest absolute Gasteiger partial charge is 0.487 e. The first kappa shape index (κ1) is 18.7. The smallest absolute Gasteiger partial charge is 0.251 e. The Morgan fingerprint density at radius 1 is 1.22 bits per heavy atom. The molecule has 0 aliphatic rings. The number of carbonyl (C=O) groups is 2. The first-order valence-electron chi connectivity index (χ1n) is 8.31. The number of benzene rings is 1. The minimum atomic E-state index is -0.349. The number of rotatable bonds is 8. The molecule has 0 radical (unpaired) electrons. The van der Waals surface area contributed by atoms with Gasteiger partial charge in [-0.05, 0) is 37.3 Å². The normalized spacial score (nSPS) is 10.4. The van der Waals surface area contributed by atoms with Crippen LogP contribution in [0.1, 0.15) is 26.8 Å². The number of ether oxygens (including phenoxy) is 1. The molecule has 2 aromatic heterocycles. The standard InChI is InChI=1S/C19H19N3O4S/c1-13-22-15(12-27-13)11-26-16-5-2-4-14(8-16)19(24)21-10-18(23)20-9-17-6-3-7-25-17/h2-8,12H,9-11H2,1H3,(H,20,23)(H,21,24). The van der Waals surface area contributed by atoms with E-state index in [1.165, 1.54) is 6.26 Å². The lowest BCUT2D eigenvalue weighted by atomic mass is 10.2. The molecule has 0 unspecified atom stereocenters. The van der Waals surface area contributed by atoms with Gasteiger partial charge in [0.25, 0.3) is 5.91 Å². The Hall–Kier alpha value is -3.13. The van der Waals surface area contributed by atoms with E-state index in [9.17, 15) is 9.59 Å². The van der Waals surface area contributed by atoms with Crippen molar-refractivity contribution in [3.05, 3.63) is 70.1 Å². The van der Waals surface area contributed by atoms with Gasteiger partial charge in [-0.3, -0.25) is 9.59 Å². The van der Waals surface area contributed by atoms with Gasteiger partial charge in [0.05, 0.1) is 30.1 Å². The predicted octanol–water partition coefficient (Wildman–Crippen LogP) is 2.67. The lowest BCUT2D eigenvalue weighted by molar-refractivity contribution is -0.120. The molecular weight excluding hydrogens is 366 g/mol. The second kappa shape index (κ2) is 9.00. The molecule has 0 aliphatic carbocycles. The summed E-state index contributed by atoms with van der Waals surface area (Å²) < 4.78 is 10.8. The van der Waals surface area contributed by atoms with Crippen LogP contribution in [0.25, 0.3) is 0 Å². The fourth-order valence-corrected chi connectivity index (χ4v) is 2.88. The highest BCUT2D eigenvalue weighted by atomic mass is 32.1. The molecule has 2 N–H and O–H groups in total. The van der Waals surface area contributed by atoms with Crippen molar-refractivity contribution < 1.29 is 18.7 Å². The summed E-state index contributed by atoms with van der Waals surface area (Å²) in [6.45, 7) is 2.43. The van der Waals surface area contributed by atoms with Crippen LogP contribution in [-0.2, 0) is 17.9 Å². The fourth-order valence-electron chi connectivity index (χ4n) is 2.28. The van der Waals surface area contributed by atoms with E-state index < -0.39 is 0 Å². The highest BCUT2D eigenvalue weighted by Crippen LogP contribution is 2.16. The predicted molar refractivity (Wildman–Crippen MR) is 101 cm³/mol. The van der Waals surface area contributed by atoms with Crippen molar-refractivity contribution in [2.75, 3.05) is 6.54 Å². The van der Waals surface area contributed by atoms with Crippen molar-refractivity contribution in [2.24, 2.45) is 0 Å². The monoisotopic (exact) mass is 385 g/mol. The van der Waals surface area contributed by atoms with Crippen molar-refractivity contribution in [3.8, 4) is 5.75 Å². The average molecular weight is 385 g/mol. The highest BCUT2D eigenvalue weighted by Gasteiger charge is 2.10. The number of aromatic nitrogens is 1. The molecule has 2 amide bonds. The molecule has 7 nitrogen and oxygen atoms in total. The van der Waals surface area contributed by atoms with Gasteiger partial charge in [-0.1, -0.05) is 6.07 Å². The highest BCUT2D eigenvalue weighted by molar-refractivity contribution is 7.09. The van der Waals surface area contributed by atoms with E-state index in [1.54, 1.807) is 47.7 Å². The maximum Gasteiger partial charge on any atom is 0.251 e.